The van der Waals surface area contributed by atoms with Gasteiger partial charge in [-0.2, -0.15) is 13.2 Å². The Morgan fingerprint density at radius 3 is 2.65 bits per heavy atom. The molecule has 3 nitrogen and oxygen atoms in total. The highest BCUT2D eigenvalue weighted by atomic mass is 19.4. The van der Waals surface area contributed by atoms with Crippen LogP contribution in [0.15, 0.2) is 0 Å². The first-order valence-electron chi connectivity index (χ1n) is 5.98. The van der Waals surface area contributed by atoms with Gasteiger partial charge in [-0.15, -0.1) is 0 Å². The number of rotatable bonds is 5. The summed E-state index contributed by atoms with van der Waals surface area (Å²) in [7, 11) is 0. The third-order valence-electron chi connectivity index (χ3n) is 3.23. The second kappa shape index (κ2) is 6.23. The Morgan fingerprint density at radius 1 is 1.35 bits per heavy atom. The summed E-state index contributed by atoms with van der Waals surface area (Å²) in [5, 5.41) is 2.57. The Morgan fingerprint density at radius 2 is 2.06 bits per heavy atom. The van der Waals surface area contributed by atoms with E-state index in [0.717, 1.165) is 19.3 Å². The van der Waals surface area contributed by atoms with Gasteiger partial charge < -0.3 is 11.1 Å². The molecule has 0 bridgehead atoms. The van der Waals surface area contributed by atoms with E-state index in [4.69, 9.17) is 5.73 Å². The fraction of sp³-hybridized carbons (Fsp3) is 0.909. The van der Waals surface area contributed by atoms with Crippen LogP contribution in [0.1, 0.15) is 32.1 Å². The molecule has 3 N–H and O–H groups in total. The molecule has 100 valence electrons. The summed E-state index contributed by atoms with van der Waals surface area (Å²) in [4.78, 5) is 11.7. The fourth-order valence-electron chi connectivity index (χ4n) is 2.30. The summed E-state index contributed by atoms with van der Waals surface area (Å²) < 4.78 is 35.6. The minimum atomic E-state index is -4.14. The Labute approximate surface area is 98.9 Å². The first-order chi connectivity index (χ1) is 7.94. The number of amides is 1. The Hall–Kier alpha value is -0.780. The largest absolute Gasteiger partial charge is 0.389 e. The van der Waals surface area contributed by atoms with Crippen LogP contribution in [-0.4, -0.2) is 25.2 Å². The molecule has 17 heavy (non-hydrogen) atoms. The minimum Gasteiger partial charge on any atom is -0.356 e. The quantitative estimate of drug-likeness (QED) is 0.733. The van der Waals surface area contributed by atoms with Gasteiger partial charge in [0.1, 0.15) is 0 Å². The molecule has 1 aliphatic rings. The molecule has 1 rings (SSSR count). The molecule has 0 aliphatic heterocycles. The van der Waals surface area contributed by atoms with E-state index in [-0.39, 0.29) is 30.7 Å². The van der Waals surface area contributed by atoms with Crippen LogP contribution in [0.3, 0.4) is 0 Å². The Bertz CT molecular complexity index is 256. The summed E-state index contributed by atoms with van der Waals surface area (Å²) in [6.45, 7) is 0.562. The zero-order valence-electron chi connectivity index (χ0n) is 9.72. The van der Waals surface area contributed by atoms with Crippen LogP contribution in [0.5, 0.6) is 0 Å². The van der Waals surface area contributed by atoms with E-state index in [1.165, 1.54) is 0 Å². The van der Waals surface area contributed by atoms with Gasteiger partial charge in [-0.25, -0.2) is 0 Å². The van der Waals surface area contributed by atoms with Crippen molar-refractivity contribution in [1.82, 2.24) is 5.32 Å². The summed E-state index contributed by atoms with van der Waals surface area (Å²) in [6.07, 6.45) is -2.34. The molecule has 0 aromatic heterocycles. The molecule has 0 heterocycles. The second-order valence-electron chi connectivity index (χ2n) is 4.54. The highest BCUT2D eigenvalue weighted by Gasteiger charge is 2.32. The van der Waals surface area contributed by atoms with E-state index in [0.29, 0.717) is 6.54 Å². The lowest BCUT2D eigenvalue weighted by Gasteiger charge is -2.17. The maximum atomic E-state index is 11.9. The van der Waals surface area contributed by atoms with Gasteiger partial charge in [-0.3, -0.25) is 4.79 Å². The van der Waals surface area contributed by atoms with Gasteiger partial charge in [0.15, 0.2) is 0 Å². The third-order valence-corrected chi connectivity index (χ3v) is 3.23. The van der Waals surface area contributed by atoms with Crippen LogP contribution >= 0.6 is 0 Å². The zero-order valence-corrected chi connectivity index (χ0v) is 9.72. The number of hydrogen-bond acceptors (Lipinski definition) is 2. The van der Waals surface area contributed by atoms with Crippen molar-refractivity contribution in [2.24, 2.45) is 17.6 Å². The fourth-order valence-corrected chi connectivity index (χ4v) is 2.30. The summed E-state index contributed by atoms with van der Waals surface area (Å²) in [6, 6.07) is 0. The number of nitrogens with one attached hydrogen (secondary N) is 1. The van der Waals surface area contributed by atoms with Crippen molar-refractivity contribution >= 4 is 5.91 Å². The molecule has 0 aromatic rings. The second-order valence-corrected chi connectivity index (χ2v) is 4.54. The number of nitrogens with two attached hydrogens (primary N) is 1. The smallest absolute Gasteiger partial charge is 0.356 e. The SMILES string of the molecule is NCC1CCCC1C(=O)NCCCC(F)(F)F. The van der Waals surface area contributed by atoms with Gasteiger partial charge in [0, 0.05) is 18.9 Å². The predicted molar refractivity (Wildman–Crippen MR) is 58.2 cm³/mol. The predicted octanol–water partition coefficient (Wildman–Crippen LogP) is 1.82. The lowest BCUT2D eigenvalue weighted by atomic mass is 9.95. The van der Waals surface area contributed by atoms with E-state index in [1.54, 1.807) is 0 Å². The lowest BCUT2D eigenvalue weighted by molar-refractivity contribution is -0.136. The third kappa shape index (κ3) is 4.93. The minimum absolute atomic E-state index is 0.0603. The van der Waals surface area contributed by atoms with Gasteiger partial charge in [0.05, 0.1) is 0 Å². The molecule has 0 spiro atoms. The van der Waals surface area contributed by atoms with Crippen molar-refractivity contribution in [1.29, 1.82) is 0 Å². The molecule has 2 atom stereocenters. The molecule has 0 saturated heterocycles. The van der Waals surface area contributed by atoms with Gasteiger partial charge in [-0.05, 0) is 31.7 Å². The van der Waals surface area contributed by atoms with E-state index in [1.807, 2.05) is 0 Å². The number of alkyl halides is 3. The van der Waals surface area contributed by atoms with Crippen molar-refractivity contribution < 1.29 is 18.0 Å². The topological polar surface area (TPSA) is 55.1 Å². The molecule has 1 amide bonds. The summed E-state index contributed by atoms with van der Waals surface area (Å²) >= 11 is 0. The molecule has 1 fully saturated rings. The van der Waals surface area contributed by atoms with Crippen LogP contribution < -0.4 is 11.1 Å². The molecule has 1 saturated carbocycles. The maximum Gasteiger partial charge on any atom is 0.389 e. The summed E-state index contributed by atoms with van der Waals surface area (Å²) in [5.74, 6) is -0.0522. The average Bonchev–Trinajstić information content (AvgIpc) is 2.70. The number of carbonyl (C=O) groups excluding carboxylic acids is 1. The highest BCUT2D eigenvalue weighted by Crippen LogP contribution is 2.30. The van der Waals surface area contributed by atoms with Crippen molar-refractivity contribution in [2.75, 3.05) is 13.1 Å². The van der Waals surface area contributed by atoms with Crippen LogP contribution in [0.2, 0.25) is 0 Å². The van der Waals surface area contributed by atoms with E-state index >= 15 is 0 Å². The number of halogens is 3. The first kappa shape index (κ1) is 14.3. The highest BCUT2D eigenvalue weighted by molar-refractivity contribution is 5.79. The molecule has 6 heteroatoms. The number of carbonyl (C=O) groups is 1. The van der Waals surface area contributed by atoms with Crippen molar-refractivity contribution in [2.45, 2.75) is 38.3 Å². The van der Waals surface area contributed by atoms with Crippen molar-refractivity contribution in [3.05, 3.63) is 0 Å². The summed E-state index contributed by atoms with van der Waals surface area (Å²) in [5.41, 5.74) is 5.55. The van der Waals surface area contributed by atoms with E-state index < -0.39 is 12.6 Å². The van der Waals surface area contributed by atoms with Gasteiger partial charge in [0.2, 0.25) is 5.91 Å². The monoisotopic (exact) mass is 252 g/mol. The van der Waals surface area contributed by atoms with Crippen LogP contribution in [0.25, 0.3) is 0 Å². The van der Waals surface area contributed by atoms with E-state index in [2.05, 4.69) is 5.32 Å². The molecule has 2 unspecified atom stereocenters. The zero-order chi connectivity index (χ0) is 12.9. The van der Waals surface area contributed by atoms with Gasteiger partial charge >= 0.3 is 6.18 Å². The van der Waals surface area contributed by atoms with Gasteiger partial charge in [-0.1, -0.05) is 6.42 Å². The van der Waals surface area contributed by atoms with E-state index in [9.17, 15) is 18.0 Å². The van der Waals surface area contributed by atoms with Crippen LogP contribution in [0.4, 0.5) is 13.2 Å². The standard InChI is InChI=1S/C11H19F3N2O/c12-11(13,14)5-2-6-16-10(17)9-4-1-3-8(9)7-15/h8-9H,1-7,15H2,(H,16,17). The maximum absolute atomic E-state index is 11.9. The van der Waals surface area contributed by atoms with Crippen molar-refractivity contribution in [3.63, 3.8) is 0 Å². The molecule has 0 aromatic carbocycles. The Kier molecular flexibility index (Phi) is 5.24. The Balaban J connectivity index is 2.21. The average molecular weight is 252 g/mol. The normalized spacial score (nSPS) is 24.9. The molecule has 1 aliphatic carbocycles. The van der Waals surface area contributed by atoms with Crippen LogP contribution in [0, 0.1) is 11.8 Å². The lowest BCUT2D eigenvalue weighted by Crippen LogP contribution is -2.35. The first-order valence-corrected chi connectivity index (χ1v) is 5.98. The van der Waals surface area contributed by atoms with Crippen LogP contribution in [-0.2, 0) is 4.79 Å². The van der Waals surface area contributed by atoms with Crippen molar-refractivity contribution in [3.8, 4) is 0 Å². The molecule has 0 radical (unpaired) electrons. The molecular formula is C11H19F3N2O. The number of hydrogen-bond donors (Lipinski definition) is 2. The van der Waals surface area contributed by atoms with Gasteiger partial charge in [0.25, 0.3) is 0 Å². The molecular weight excluding hydrogens is 233 g/mol.